The van der Waals surface area contributed by atoms with Gasteiger partial charge in [-0.05, 0) is 42.7 Å². The summed E-state index contributed by atoms with van der Waals surface area (Å²) in [5.41, 5.74) is 1.33. The summed E-state index contributed by atoms with van der Waals surface area (Å²) in [4.78, 5) is 11.6. The van der Waals surface area contributed by atoms with Crippen LogP contribution in [0.4, 0.5) is 13.2 Å². The zero-order valence-corrected chi connectivity index (χ0v) is 13.3. The Kier molecular flexibility index (Phi) is 4.24. The molecule has 1 aromatic heterocycles. The molecule has 0 radical (unpaired) electrons. The minimum atomic E-state index is -4.38. The molecular weight excluding hydrogens is 333 g/mol. The Hall–Kier alpha value is -2.83. The maximum atomic E-state index is 12.7. The lowest BCUT2D eigenvalue weighted by Crippen LogP contribution is -2.09. The number of halogens is 3. The summed E-state index contributed by atoms with van der Waals surface area (Å²) in [5.74, 6) is -1.08. The predicted molar refractivity (Wildman–Crippen MR) is 86.6 cm³/mol. The van der Waals surface area contributed by atoms with Gasteiger partial charge >= 0.3 is 12.1 Å². The fraction of sp³-hybridized carbons (Fsp3) is 0.222. The van der Waals surface area contributed by atoms with Crippen LogP contribution in [0.3, 0.4) is 0 Å². The summed E-state index contributed by atoms with van der Waals surface area (Å²) in [6.45, 7) is 2.21. The molecule has 0 aliphatic carbocycles. The highest BCUT2D eigenvalue weighted by Gasteiger charge is 2.30. The summed E-state index contributed by atoms with van der Waals surface area (Å²) < 4.78 is 39.4. The Labute approximate surface area is 141 Å². The SMILES string of the molecule is CCn1nc2cccc(Cc3ccc(C(F)(F)F)cc3)c2c1C(=O)O. The van der Waals surface area contributed by atoms with Crippen molar-refractivity contribution in [2.45, 2.75) is 26.1 Å². The second kappa shape index (κ2) is 6.23. The fourth-order valence-corrected chi connectivity index (χ4v) is 2.88. The number of hydrogen-bond donors (Lipinski definition) is 1. The molecule has 0 atom stereocenters. The molecule has 0 spiro atoms. The number of carbonyl (C=O) groups is 1. The molecule has 0 aliphatic rings. The number of aromatic nitrogens is 2. The van der Waals surface area contributed by atoms with E-state index in [0.29, 0.717) is 35.0 Å². The lowest BCUT2D eigenvalue weighted by atomic mass is 9.99. The highest BCUT2D eigenvalue weighted by molar-refractivity contribution is 6.03. The second-order valence-electron chi connectivity index (χ2n) is 5.65. The van der Waals surface area contributed by atoms with E-state index in [1.807, 2.05) is 0 Å². The number of rotatable bonds is 4. The minimum Gasteiger partial charge on any atom is -0.477 e. The van der Waals surface area contributed by atoms with Gasteiger partial charge in [0.2, 0.25) is 0 Å². The van der Waals surface area contributed by atoms with Gasteiger partial charge in [-0.3, -0.25) is 4.68 Å². The number of carboxylic acid groups (broad SMARTS) is 1. The molecule has 7 heteroatoms. The van der Waals surface area contributed by atoms with Crippen molar-refractivity contribution < 1.29 is 23.1 Å². The topological polar surface area (TPSA) is 55.1 Å². The van der Waals surface area contributed by atoms with Crippen LogP contribution in [-0.4, -0.2) is 20.9 Å². The van der Waals surface area contributed by atoms with E-state index in [1.165, 1.54) is 16.8 Å². The van der Waals surface area contributed by atoms with Gasteiger partial charge in [0.25, 0.3) is 0 Å². The van der Waals surface area contributed by atoms with Gasteiger partial charge in [0.1, 0.15) is 0 Å². The summed E-state index contributed by atoms with van der Waals surface area (Å²) in [6.07, 6.45) is -4.05. The molecule has 3 rings (SSSR count). The summed E-state index contributed by atoms with van der Waals surface area (Å²) in [6, 6.07) is 10.1. The van der Waals surface area contributed by atoms with Gasteiger partial charge in [0.05, 0.1) is 11.1 Å². The number of alkyl halides is 3. The number of benzene rings is 2. The zero-order chi connectivity index (χ0) is 18.2. The van der Waals surface area contributed by atoms with E-state index in [9.17, 15) is 23.1 Å². The number of fused-ring (bicyclic) bond motifs is 1. The molecule has 130 valence electrons. The Morgan fingerprint density at radius 3 is 2.40 bits per heavy atom. The molecule has 1 heterocycles. The number of hydrogen-bond acceptors (Lipinski definition) is 2. The van der Waals surface area contributed by atoms with Crippen molar-refractivity contribution in [3.05, 3.63) is 64.8 Å². The first-order chi connectivity index (χ1) is 11.8. The summed E-state index contributed by atoms with van der Waals surface area (Å²) in [7, 11) is 0. The molecule has 0 saturated carbocycles. The fourth-order valence-electron chi connectivity index (χ4n) is 2.88. The van der Waals surface area contributed by atoms with E-state index < -0.39 is 17.7 Å². The zero-order valence-electron chi connectivity index (χ0n) is 13.3. The Bertz CT molecular complexity index is 928. The molecule has 0 aliphatic heterocycles. The average Bonchev–Trinajstić information content (AvgIpc) is 2.94. The molecular formula is C18H15F3N2O2. The van der Waals surface area contributed by atoms with Crippen molar-refractivity contribution >= 4 is 16.9 Å². The minimum absolute atomic E-state index is 0.0972. The number of nitrogens with zero attached hydrogens (tertiary/aromatic N) is 2. The van der Waals surface area contributed by atoms with E-state index in [2.05, 4.69) is 5.10 Å². The highest BCUT2D eigenvalue weighted by atomic mass is 19.4. The van der Waals surface area contributed by atoms with Crippen LogP contribution in [0.15, 0.2) is 42.5 Å². The summed E-state index contributed by atoms with van der Waals surface area (Å²) >= 11 is 0. The molecule has 0 amide bonds. The number of carboxylic acids is 1. The maximum Gasteiger partial charge on any atom is 0.416 e. The van der Waals surface area contributed by atoms with E-state index in [-0.39, 0.29) is 5.69 Å². The standard InChI is InChI=1S/C18H15F3N2O2/c1-2-23-16(17(24)25)15-12(4-3-5-14(15)22-23)10-11-6-8-13(9-7-11)18(19,20)21/h3-9H,2,10H2,1H3,(H,24,25). The van der Waals surface area contributed by atoms with E-state index in [0.717, 1.165) is 12.1 Å². The van der Waals surface area contributed by atoms with Crippen molar-refractivity contribution in [3.63, 3.8) is 0 Å². The Balaban J connectivity index is 2.04. The Morgan fingerprint density at radius 2 is 1.84 bits per heavy atom. The van der Waals surface area contributed by atoms with Gasteiger partial charge in [-0.25, -0.2) is 4.79 Å². The normalized spacial score (nSPS) is 11.8. The maximum absolute atomic E-state index is 12.7. The predicted octanol–water partition coefficient (Wildman–Crippen LogP) is 4.36. The molecule has 25 heavy (non-hydrogen) atoms. The van der Waals surface area contributed by atoms with Gasteiger partial charge in [0.15, 0.2) is 5.69 Å². The summed E-state index contributed by atoms with van der Waals surface area (Å²) in [5, 5.41) is 14.3. The van der Waals surface area contributed by atoms with Crippen LogP contribution >= 0.6 is 0 Å². The first kappa shape index (κ1) is 17.0. The quantitative estimate of drug-likeness (QED) is 0.762. The van der Waals surface area contributed by atoms with Gasteiger partial charge in [0, 0.05) is 11.9 Å². The monoisotopic (exact) mass is 348 g/mol. The average molecular weight is 348 g/mol. The van der Waals surface area contributed by atoms with Gasteiger partial charge < -0.3 is 5.11 Å². The molecule has 0 bridgehead atoms. The van der Waals surface area contributed by atoms with Crippen molar-refractivity contribution in [1.29, 1.82) is 0 Å². The van der Waals surface area contributed by atoms with Gasteiger partial charge in [-0.2, -0.15) is 18.3 Å². The van der Waals surface area contributed by atoms with Gasteiger partial charge in [-0.1, -0.05) is 24.3 Å². The highest BCUT2D eigenvalue weighted by Crippen LogP contribution is 2.30. The van der Waals surface area contributed by atoms with Crippen molar-refractivity contribution in [2.24, 2.45) is 0 Å². The largest absolute Gasteiger partial charge is 0.477 e. The third kappa shape index (κ3) is 3.22. The third-order valence-electron chi connectivity index (χ3n) is 4.03. The Morgan fingerprint density at radius 1 is 1.16 bits per heavy atom. The van der Waals surface area contributed by atoms with Crippen molar-refractivity contribution in [2.75, 3.05) is 0 Å². The molecule has 0 saturated heterocycles. The van der Waals surface area contributed by atoms with Crippen molar-refractivity contribution in [1.82, 2.24) is 9.78 Å². The van der Waals surface area contributed by atoms with E-state index in [1.54, 1.807) is 25.1 Å². The third-order valence-corrected chi connectivity index (χ3v) is 4.03. The van der Waals surface area contributed by atoms with Gasteiger partial charge in [-0.15, -0.1) is 0 Å². The number of aromatic carboxylic acids is 1. The van der Waals surface area contributed by atoms with Crippen LogP contribution in [0.2, 0.25) is 0 Å². The first-order valence-electron chi connectivity index (χ1n) is 7.69. The first-order valence-corrected chi connectivity index (χ1v) is 7.69. The molecule has 0 unspecified atom stereocenters. The van der Waals surface area contributed by atoms with E-state index in [4.69, 9.17) is 0 Å². The molecule has 4 nitrogen and oxygen atoms in total. The molecule has 2 aromatic carbocycles. The van der Waals surface area contributed by atoms with Crippen molar-refractivity contribution in [3.8, 4) is 0 Å². The second-order valence-corrected chi connectivity index (χ2v) is 5.65. The van der Waals surface area contributed by atoms with E-state index >= 15 is 0 Å². The molecule has 3 aromatic rings. The van der Waals surface area contributed by atoms with Crippen LogP contribution in [0.25, 0.3) is 10.9 Å². The van der Waals surface area contributed by atoms with Crippen LogP contribution in [0, 0.1) is 0 Å². The van der Waals surface area contributed by atoms with Crippen LogP contribution in [0.5, 0.6) is 0 Å². The molecule has 0 fully saturated rings. The number of aryl methyl sites for hydroxylation is 1. The van der Waals surface area contributed by atoms with Crippen LogP contribution in [-0.2, 0) is 19.1 Å². The van der Waals surface area contributed by atoms with Crippen LogP contribution in [0.1, 0.15) is 34.1 Å². The smallest absolute Gasteiger partial charge is 0.416 e. The lowest BCUT2D eigenvalue weighted by Gasteiger charge is -2.09. The van der Waals surface area contributed by atoms with Crippen LogP contribution < -0.4 is 0 Å². The molecule has 1 N–H and O–H groups in total. The lowest BCUT2D eigenvalue weighted by molar-refractivity contribution is -0.137.